The molecule has 0 saturated carbocycles. The van der Waals surface area contributed by atoms with Crippen molar-refractivity contribution in [2.75, 3.05) is 13.1 Å². The van der Waals surface area contributed by atoms with E-state index in [9.17, 15) is 4.79 Å². The molecule has 2 heteroatoms. The van der Waals surface area contributed by atoms with Crippen molar-refractivity contribution in [2.24, 2.45) is 0 Å². The molecule has 68 valence electrons. The minimum atomic E-state index is 0.0583. The maximum atomic E-state index is 11.3. The van der Waals surface area contributed by atoms with Gasteiger partial charge in [0.1, 0.15) is 0 Å². The molecular weight excluding hydrogens is 150 g/mol. The van der Waals surface area contributed by atoms with Gasteiger partial charge in [0.2, 0.25) is 5.91 Å². The Morgan fingerprint density at radius 2 is 2.17 bits per heavy atom. The molecule has 0 bridgehead atoms. The number of hydrogen-bond acceptors (Lipinski definition) is 1. The minimum absolute atomic E-state index is 0.0583. The van der Waals surface area contributed by atoms with Gasteiger partial charge in [0.15, 0.2) is 0 Å². The third-order valence-electron chi connectivity index (χ3n) is 1.46. The first-order valence-corrected chi connectivity index (χ1v) is 4.17. The van der Waals surface area contributed by atoms with Gasteiger partial charge in [-0.1, -0.05) is 18.2 Å². The topological polar surface area (TPSA) is 20.3 Å². The minimum Gasteiger partial charge on any atom is -0.335 e. The van der Waals surface area contributed by atoms with Crippen LogP contribution in [0.2, 0.25) is 0 Å². The Labute approximate surface area is 74.6 Å². The lowest BCUT2D eigenvalue weighted by atomic mass is 10.3. The highest BCUT2D eigenvalue weighted by atomic mass is 16.2. The molecule has 0 aliphatic rings. The van der Waals surface area contributed by atoms with Crippen LogP contribution in [-0.2, 0) is 4.79 Å². The monoisotopic (exact) mass is 167 g/mol. The number of likely N-dealkylation sites (N-methyl/N-ethyl adjacent to an activating group) is 1. The first-order chi connectivity index (χ1) is 5.61. The summed E-state index contributed by atoms with van der Waals surface area (Å²) in [5.74, 6) is 0.0583. The van der Waals surface area contributed by atoms with Crippen molar-refractivity contribution < 1.29 is 4.79 Å². The van der Waals surface area contributed by atoms with Gasteiger partial charge in [0, 0.05) is 13.1 Å². The molecule has 0 aliphatic carbocycles. The van der Waals surface area contributed by atoms with E-state index in [-0.39, 0.29) is 5.91 Å². The van der Waals surface area contributed by atoms with Gasteiger partial charge in [0.25, 0.3) is 0 Å². The summed E-state index contributed by atoms with van der Waals surface area (Å²) in [6.45, 7) is 10.9. The number of carbonyl (C=O) groups is 1. The van der Waals surface area contributed by atoms with Crippen molar-refractivity contribution in [2.45, 2.75) is 20.8 Å². The predicted octanol–water partition coefficient (Wildman–Crippen LogP) is 1.99. The molecule has 0 heterocycles. The second kappa shape index (κ2) is 5.58. The summed E-state index contributed by atoms with van der Waals surface area (Å²) in [6, 6.07) is 0. The molecule has 0 aromatic rings. The fourth-order valence-electron chi connectivity index (χ4n) is 0.919. The van der Waals surface area contributed by atoms with E-state index < -0.39 is 0 Å². The summed E-state index contributed by atoms with van der Waals surface area (Å²) in [5.41, 5.74) is 1.01. The van der Waals surface area contributed by atoms with E-state index in [1.54, 1.807) is 17.1 Å². The summed E-state index contributed by atoms with van der Waals surface area (Å²) in [5, 5.41) is 0. The Morgan fingerprint density at radius 1 is 1.58 bits per heavy atom. The zero-order valence-electron chi connectivity index (χ0n) is 8.13. The SMILES string of the molecule is C=C(C)CN(CC)C(=O)C=CC. The maximum Gasteiger partial charge on any atom is 0.246 e. The maximum absolute atomic E-state index is 11.3. The molecule has 0 atom stereocenters. The van der Waals surface area contributed by atoms with E-state index >= 15 is 0 Å². The van der Waals surface area contributed by atoms with Crippen LogP contribution in [0.5, 0.6) is 0 Å². The number of carbonyl (C=O) groups excluding carboxylic acids is 1. The molecule has 0 fully saturated rings. The van der Waals surface area contributed by atoms with Crippen LogP contribution in [0.15, 0.2) is 24.3 Å². The summed E-state index contributed by atoms with van der Waals surface area (Å²) in [6.07, 6.45) is 3.33. The van der Waals surface area contributed by atoms with Gasteiger partial charge in [0.05, 0.1) is 0 Å². The molecular formula is C10H17NO. The third-order valence-corrected chi connectivity index (χ3v) is 1.46. The Kier molecular flexibility index (Phi) is 5.09. The van der Waals surface area contributed by atoms with Crippen LogP contribution in [-0.4, -0.2) is 23.9 Å². The van der Waals surface area contributed by atoms with Gasteiger partial charge in [-0.25, -0.2) is 0 Å². The van der Waals surface area contributed by atoms with Gasteiger partial charge in [-0.3, -0.25) is 4.79 Å². The quantitative estimate of drug-likeness (QED) is 0.463. The van der Waals surface area contributed by atoms with Gasteiger partial charge >= 0.3 is 0 Å². The summed E-state index contributed by atoms with van der Waals surface area (Å²) in [4.78, 5) is 13.1. The average Bonchev–Trinajstić information content (AvgIpc) is 2.00. The lowest BCUT2D eigenvalue weighted by Gasteiger charge is -2.18. The molecule has 0 radical (unpaired) electrons. The van der Waals surface area contributed by atoms with Gasteiger partial charge in [-0.15, -0.1) is 0 Å². The fourth-order valence-corrected chi connectivity index (χ4v) is 0.919. The molecule has 0 spiro atoms. The fraction of sp³-hybridized carbons (Fsp3) is 0.500. The normalized spacial score (nSPS) is 10.2. The van der Waals surface area contributed by atoms with Gasteiger partial charge in [-0.05, 0) is 26.8 Å². The lowest BCUT2D eigenvalue weighted by Crippen LogP contribution is -2.30. The lowest BCUT2D eigenvalue weighted by molar-refractivity contribution is -0.125. The summed E-state index contributed by atoms with van der Waals surface area (Å²) < 4.78 is 0. The van der Waals surface area contributed by atoms with E-state index in [1.165, 1.54) is 0 Å². The molecule has 0 unspecified atom stereocenters. The van der Waals surface area contributed by atoms with E-state index in [2.05, 4.69) is 6.58 Å². The van der Waals surface area contributed by atoms with Crippen LogP contribution in [0.1, 0.15) is 20.8 Å². The Balaban J connectivity index is 4.14. The Bertz CT molecular complexity index is 194. The van der Waals surface area contributed by atoms with Crippen molar-refractivity contribution in [1.29, 1.82) is 0 Å². The van der Waals surface area contributed by atoms with E-state index in [0.717, 1.165) is 12.1 Å². The van der Waals surface area contributed by atoms with Crippen LogP contribution in [0.25, 0.3) is 0 Å². The van der Waals surface area contributed by atoms with Crippen molar-refractivity contribution in [3.05, 3.63) is 24.3 Å². The highest BCUT2D eigenvalue weighted by molar-refractivity contribution is 5.87. The highest BCUT2D eigenvalue weighted by Gasteiger charge is 2.06. The Hall–Kier alpha value is -1.05. The zero-order chi connectivity index (χ0) is 9.56. The first kappa shape index (κ1) is 11.0. The van der Waals surface area contributed by atoms with Crippen molar-refractivity contribution in [1.82, 2.24) is 4.90 Å². The average molecular weight is 167 g/mol. The van der Waals surface area contributed by atoms with Gasteiger partial charge in [-0.2, -0.15) is 0 Å². The zero-order valence-corrected chi connectivity index (χ0v) is 8.13. The van der Waals surface area contributed by atoms with Crippen molar-refractivity contribution >= 4 is 5.91 Å². The van der Waals surface area contributed by atoms with E-state index in [0.29, 0.717) is 6.54 Å². The van der Waals surface area contributed by atoms with Crippen LogP contribution in [0.4, 0.5) is 0 Å². The molecule has 0 rings (SSSR count). The summed E-state index contributed by atoms with van der Waals surface area (Å²) >= 11 is 0. The standard InChI is InChI=1S/C10H17NO/c1-5-7-10(12)11(6-2)8-9(3)4/h5,7H,3,6,8H2,1-2,4H3. The van der Waals surface area contributed by atoms with Crippen LogP contribution in [0, 0.1) is 0 Å². The Morgan fingerprint density at radius 3 is 2.50 bits per heavy atom. The number of nitrogens with zero attached hydrogens (tertiary/aromatic N) is 1. The molecule has 0 aromatic carbocycles. The number of allylic oxidation sites excluding steroid dienone is 1. The first-order valence-electron chi connectivity index (χ1n) is 4.17. The molecule has 12 heavy (non-hydrogen) atoms. The number of rotatable bonds is 4. The second-order valence-electron chi connectivity index (χ2n) is 2.81. The van der Waals surface area contributed by atoms with E-state index in [1.807, 2.05) is 20.8 Å². The second-order valence-corrected chi connectivity index (χ2v) is 2.81. The summed E-state index contributed by atoms with van der Waals surface area (Å²) in [7, 11) is 0. The molecule has 2 nitrogen and oxygen atoms in total. The van der Waals surface area contributed by atoms with E-state index in [4.69, 9.17) is 0 Å². The predicted molar refractivity (Wildman–Crippen MR) is 51.9 cm³/mol. The van der Waals surface area contributed by atoms with Crippen LogP contribution in [0.3, 0.4) is 0 Å². The largest absolute Gasteiger partial charge is 0.335 e. The molecule has 0 aromatic heterocycles. The van der Waals surface area contributed by atoms with Crippen LogP contribution < -0.4 is 0 Å². The van der Waals surface area contributed by atoms with Crippen LogP contribution >= 0.6 is 0 Å². The number of amides is 1. The van der Waals surface area contributed by atoms with Gasteiger partial charge < -0.3 is 4.90 Å². The molecule has 0 aliphatic heterocycles. The third kappa shape index (κ3) is 3.96. The number of hydrogen-bond donors (Lipinski definition) is 0. The smallest absolute Gasteiger partial charge is 0.246 e. The highest BCUT2D eigenvalue weighted by Crippen LogP contribution is 1.97. The van der Waals surface area contributed by atoms with Crippen molar-refractivity contribution in [3.8, 4) is 0 Å². The van der Waals surface area contributed by atoms with Crippen molar-refractivity contribution in [3.63, 3.8) is 0 Å². The molecule has 1 amide bonds. The molecule has 0 N–H and O–H groups in total. The molecule has 0 saturated heterocycles.